The lowest BCUT2D eigenvalue weighted by Crippen LogP contribution is -2.24. The molecule has 2 rings (SSSR count). The monoisotopic (exact) mass is 402 g/mol. The van der Waals surface area contributed by atoms with E-state index in [2.05, 4.69) is 58.5 Å². The zero-order valence-corrected chi connectivity index (χ0v) is 17.8. The van der Waals surface area contributed by atoms with E-state index in [1.807, 2.05) is 5.38 Å². The maximum absolute atomic E-state index is 11.5. The first-order valence-electron chi connectivity index (χ1n) is 9.85. The van der Waals surface area contributed by atoms with Crippen LogP contribution in [0.5, 0.6) is 0 Å². The Morgan fingerprint density at radius 3 is 2.57 bits per heavy atom. The number of rotatable bonds is 12. The second-order valence-electron chi connectivity index (χ2n) is 6.51. The molecule has 0 amide bonds. The van der Waals surface area contributed by atoms with Gasteiger partial charge in [-0.2, -0.15) is 5.10 Å². The lowest BCUT2D eigenvalue weighted by molar-refractivity contribution is -0.142. The Hall–Kier alpha value is -2.25. The summed E-state index contributed by atoms with van der Waals surface area (Å²) in [6.45, 7) is 9.86. The molecule has 152 valence electrons. The van der Waals surface area contributed by atoms with E-state index in [1.54, 1.807) is 13.1 Å². The Morgan fingerprint density at radius 1 is 1.21 bits per heavy atom. The standard InChI is InChI=1S/C21H30N4O2S/c1-4-11-25(12-5-2)15-18-9-7-17(8-10-18)14-22-24-21-23-19(16-28-21)13-20(26)27-6-3/h7-10,14,16H,4-6,11-13,15H2,1-3H3,(H,23,24). The molecule has 1 aromatic heterocycles. The molecule has 1 N–H and O–H groups in total. The smallest absolute Gasteiger partial charge is 0.311 e. The fraction of sp³-hybridized carbons (Fsp3) is 0.476. The van der Waals surface area contributed by atoms with Gasteiger partial charge in [0.1, 0.15) is 0 Å². The second-order valence-corrected chi connectivity index (χ2v) is 7.37. The summed E-state index contributed by atoms with van der Waals surface area (Å²) in [5.41, 5.74) is 5.95. The highest BCUT2D eigenvalue weighted by atomic mass is 32.1. The number of ether oxygens (including phenoxy) is 1. The van der Waals surface area contributed by atoms with Gasteiger partial charge >= 0.3 is 5.97 Å². The molecule has 1 aromatic carbocycles. The fourth-order valence-electron chi connectivity index (χ4n) is 2.83. The molecule has 0 fully saturated rings. The van der Waals surface area contributed by atoms with Gasteiger partial charge in [0.15, 0.2) is 0 Å². The first-order valence-corrected chi connectivity index (χ1v) is 10.7. The van der Waals surface area contributed by atoms with Crippen LogP contribution in [0.25, 0.3) is 0 Å². The third kappa shape index (κ3) is 7.78. The molecule has 2 aromatic rings. The Balaban J connectivity index is 1.84. The van der Waals surface area contributed by atoms with Crippen molar-refractivity contribution >= 4 is 28.7 Å². The molecule has 0 aliphatic rings. The molecule has 0 radical (unpaired) electrons. The van der Waals surface area contributed by atoms with E-state index in [0.717, 1.165) is 25.2 Å². The van der Waals surface area contributed by atoms with Crippen LogP contribution in [0.1, 0.15) is 50.4 Å². The van der Waals surface area contributed by atoms with Crippen LogP contribution in [0.3, 0.4) is 0 Å². The van der Waals surface area contributed by atoms with Gasteiger partial charge in [-0.25, -0.2) is 4.98 Å². The zero-order chi connectivity index (χ0) is 20.2. The summed E-state index contributed by atoms with van der Waals surface area (Å²) < 4.78 is 4.93. The fourth-order valence-corrected chi connectivity index (χ4v) is 3.49. The van der Waals surface area contributed by atoms with Crippen molar-refractivity contribution in [2.24, 2.45) is 5.10 Å². The maximum atomic E-state index is 11.5. The maximum Gasteiger partial charge on any atom is 0.311 e. The summed E-state index contributed by atoms with van der Waals surface area (Å²) in [7, 11) is 0. The van der Waals surface area contributed by atoms with Crippen molar-refractivity contribution in [2.45, 2.75) is 46.6 Å². The average Bonchev–Trinajstić information content (AvgIpc) is 3.11. The Bertz CT molecular complexity index is 737. The van der Waals surface area contributed by atoms with E-state index in [-0.39, 0.29) is 12.4 Å². The van der Waals surface area contributed by atoms with Crippen LogP contribution in [-0.4, -0.2) is 41.8 Å². The largest absolute Gasteiger partial charge is 0.466 e. The Kier molecular flexibility index (Phi) is 9.65. The molecule has 0 saturated heterocycles. The van der Waals surface area contributed by atoms with Gasteiger partial charge in [0.25, 0.3) is 0 Å². The van der Waals surface area contributed by atoms with Crippen molar-refractivity contribution in [3.8, 4) is 0 Å². The first-order chi connectivity index (χ1) is 13.6. The van der Waals surface area contributed by atoms with E-state index < -0.39 is 0 Å². The van der Waals surface area contributed by atoms with Crippen LogP contribution >= 0.6 is 11.3 Å². The highest BCUT2D eigenvalue weighted by molar-refractivity contribution is 7.13. The molecule has 0 unspecified atom stereocenters. The summed E-state index contributed by atoms with van der Waals surface area (Å²) in [6, 6.07) is 8.45. The lowest BCUT2D eigenvalue weighted by Gasteiger charge is -2.20. The number of nitrogens with one attached hydrogen (secondary N) is 1. The number of benzene rings is 1. The van der Waals surface area contributed by atoms with Crippen molar-refractivity contribution < 1.29 is 9.53 Å². The minimum absolute atomic E-state index is 0.185. The number of aromatic nitrogens is 1. The summed E-state index contributed by atoms with van der Waals surface area (Å²) in [4.78, 5) is 18.3. The zero-order valence-electron chi connectivity index (χ0n) is 17.0. The summed E-state index contributed by atoms with van der Waals surface area (Å²) in [6.07, 6.45) is 4.31. The van der Waals surface area contributed by atoms with Gasteiger partial charge in [0.05, 0.1) is 24.9 Å². The molecule has 7 heteroatoms. The number of hydrazone groups is 1. The molecular formula is C21H30N4O2S. The van der Waals surface area contributed by atoms with Crippen molar-refractivity contribution in [3.05, 3.63) is 46.5 Å². The number of carbonyl (C=O) groups excluding carboxylic acids is 1. The molecule has 6 nitrogen and oxygen atoms in total. The predicted octanol–water partition coefficient (Wildman–Crippen LogP) is 4.32. The van der Waals surface area contributed by atoms with Crippen molar-refractivity contribution in [1.29, 1.82) is 0 Å². The molecule has 0 saturated carbocycles. The van der Waals surface area contributed by atoms with E-state index in [1.165, 1.54) is 29.7 Å². The minimum Gasteiger partial charge on any atom is -0.466 e. The Labute approximate surface area is 171 Å². The number of carbonyl (C=O) groups is 1. The van der Waals surface area contributed by atoms with Crippen molar-refractivity contribution in [3.63, 3.8) is 0 Å². The molecule has 28 heavy (non-hydrogen) atoms. The average molecular weight is 403 g/mol. The number of hydrogen-bond donors (Lipinski definition) is 1. The molecule has 0 aliphatic heterocycles. The highest BCUT2D eigenvalue weighted by Gasteiger charge is 2.08. The molecule has 1 heterocycles. The van der Waals surface area contributed by atoms with E-state index in [9.17, 15) is 4.79 Å². The minimum atomic E-state index is -0.264. The van der Waals surface area contributed by atoms with E-state index in [0.29, 0.717) is 17.4 Å². The van der Waals surface area contributed by atoms with Crippen molar-refractivity contribution in [1.82, 2.24) is 9.88 Å². The number of hydrogen-bond acceptors (Lipinski definition) is 7. The lowest BCUT2D eigenvalue weighted by atomic mass is 10.1. The van der Waals surface area contributed by atoms with Gasteiger partial charge in [0, 0.05) is 11.9 Å². The van der Waals surface area contributed by atoms with Gasteiger partial charge < -0.3 is 4.74 Å². The Morgan fingerprint density at radius 2 is 1.93 bits per heavy atom. The van der Waals surface area contributed by atoms with Crippen molar-refractivity contribution in [2.75, 3.05) is 25.1 Å². The normalized spacial score (nSPS) is 11.3. The number of esters is 1. The number of nitrogens with zero attached hydrogens (tertiary/aromatic N) is 3. The van der Waals surface area contributed by atoms with Crippen LogP contribution in [0, 0.1) is 0 Å². The van der Waals surface area contributed by atoms with E-state index in [4.69, 9.17) is 4.74 Å². The van der Waals surface area contributed by atoms with Crippen LogP contribution in [0.4, 0.5) is 5.13 Å². The molecule has 0 aliphatic carbocycles. The van der Waals surface area contributed by atoms with Crippen LogP contribution in [0.15, 0.2) is 34.7 Å². The summed E-state index contributed by atoms with van der Waals surface area (Å²) >= 11 is 1.41. The third-order valence-corrected chi connectivity index (χ3v) is 4.82. The topological polar surface area (TPSA) is 66.8 Å². The van der Waals surface area contributed by atoms with E-state index >= 15 is 0 Å². The number of thiazole rings is 1. The highest BCUT2D eigenvalue weighted by Crippen LogP contribution is 2.16. The van der Waals surface area contributed by atoms with Gasteiger partial charge in [-0.1, -0.05) is 38.1 Å². The van der Waals surface area contributed by atoms with Crippen LogP contribution in [0.2, 0.25) is 0 Å². The van der Waals surface area contributed by atoms with Crippen LogP contribution < -0.4 is 5.43 Å². The molecular weight excluding hydrogens is 372 g/mol. The molecule has 0 atom stereocenters. The predicted molar refractivity (Wildman–Crippen MR) is 116 cm³/mol. The number of anilines is 1. The van der Waals surface area contributed by atoms with Gasteiger partial charge in [-0.05, 0) is 44.0 Å². The molecule has 0 bridgehead atoms. The second kappa shape index (κ2) is 12.3. The molecule has 0 spiro atoms. The van der Waals surface area contributed by atoms with Crippen LogP contribution in [-0.2, 0) is 22.5 Å². The SMILES string of the molecule is CCCN(CCC)Cc1ccc(C=NNc2nc(CC(=O)OCC)cs2)cc1. The summed E-state index contributed by atoms with van der Waals surface area (Å²) in [5, 5.41) is 6.73. The van der Waals surface area contributed by atoms with Gasteiger partial charge in [0.2, 0.25) is 5.13 Å². The summed E-state index contributed by atoms with van der Waals surface area (Å²) in [5.74, 6) is -0.264. The first kappa shape index (κ1) is 22.0. The third-order valence-electron chi connectivity index (χ3n) is 4.02. The van der Waals surface area contributed by atoms with Gasteiger partial charge in [-0.3, -0.25) is 15.1 Å². The van der Waals surface area contributed by atoms with Gasteiger partial charge in [-0.15, -0.1) is 11.3 Å². The quantitative estimate of drug-likeness (QED) is 0.325.